The minimum atomic E-state index is 0.134. The second-order valence-corrected chi connectivity index (χ2v) is 6.99. The van der Waals surface area contributed by atoms with Crippen molar-refractivity contribution in [2.45, 2.75) is 58.9 Å². The molecule has 2 heteroatoms. The van der Waals surface area contributed by atoms with Crippen LogP contribution in [0.15, 0.2) is 24.3 Å². The first-order chi connectivity index (χ1) is 10.0. The number of aryl methyl sites for hydroxylation is 1. The average molecular weight is 288 g/mol. The van der Waals surface area contributed by atoms with Crippen molar-refractivity contribution in [1.29, 1.82) is 0 Å². The molecule has 2 nitrogen and oxygen atoms in total. The van der Waals surface area contributed by atoms with Gasteiger partial charge in [-0.1, -0.05) is 38.8 Å². The van der Waals surface area contributed by atoms with Gasteiger partial charge in [-0.3, -0.25) is 0 Å². The number of rotatable bonds is 5. The fourth-order valence-corrected chi connectivity index (χ4v) is 4.45. The van der Waals surface area contributed by atoms with Crippen LogP contribution in [0.3, 0.4) is 0 Å². The van der Waals surface area contributed by atoms with E-state index >= 15 is 0 Å². The van der Waals surface area contributed by atoms with Crippen LogP contribution >= 0.6 is 0 Å². The number of nitrogens with two attached hydrogens (primary N) is 1. The molecule has 1 saturated carbocycles. The number of hydrogen-bond donors (Lipinski definition) is 1. The van der Waals surface area contributed by atoms with E-state index in [-0.39, 0.29) is 5.54 Å². The third-order valence-electron chi connectivity index (χ3n) is 5.39. The molecule has 1 aromatic carbocycles. The Kier molecular flexibility index (Phi) is 5.32. The monoisotopic (exact) mass is 288 g/mol. The fraction of sp³-hybridized carbons (Fsp3) is 0.684. The molecule has 0 radical (unpaired) electrons. The first-order valence-corrected chi connectivity index (χ1v) is 8.59. The summed E-state index contributed by atoms with van der Waals surface area (Å²) in [6, 6.07) is 8.91. The van der Waals surface area contributed by atoms with Gasteiger partial charge in [0.1, 0.15) is 0 Å². The highest BCUT2D eigenvalue weighted by molar-refractivity contribution is 5.51. The van der Waals surface area contributed by atoms with Crippen molar-refractivity contribution in [3.63, 3.8) is 0 Å². The molecule has 118 valence electrons. The molecule has 0 amide bonds. The van der Waals surface area contributed by atoms with Crippen molar-refractivity contribution >= 4 is 5.69 Å². The molecule has 1 aliphatic carbocycles. The topological polar surface area (TPSA) is 29.3 Å². The van der Waals surface area contributed by atoms with Crippen molar-refractivity contribution in [2.75, 3.05) is 18.0 Å². The van der Waals surface area contributed by atoms with Crippen molar-refractivity contribution < 1.29 is 0 Å². The highest BCUT2D eigenvalue weighted by atomic mass is 15.2. The van der Waals surface area contributed by atoms with Crippen LogP contribution in [0.1, 0.15) is 52.0 Å². The standard InChI is InChI=1S/C19H32N2/c1-5-21(17-10-8-9-16(4)13-17)19(14-20)12-7-6-11-18(19)15(2)3/h8-10,13,15,18H,5-7,11-12,14,20H2,1-4H3. The normalized spacial score (nSPS) is 26.1. The minimum absolute atomic E-state index is 0.134. The van der Waals surface area contributed by atoms with E-state index in [2.05, 4.69) is 56.9 Å². The second kappa shape index (κ2) is 6.83. The van der Waals surface area contributed by atoms with Gasteiger partial charge in [0.15, 0.2) is 0 Å². The van der Waals surface area contributed by atoms with Crippen LogP contribution in [0, 0.1) is 18.8 Å². The van der Waals surface area contributed by atoms with Gasteiger partial charge in [-0.25, -0.2) is 0 Å². The van der Waals surface area contributed by atoms with Crippen LogP contribution in [0.4, 0.5) is 5.69 Å². The summed E-state index contributed by atoms with van der Waals surface area (Å²) in [5, 5.41) is 0. The lowest BCUT2D eigenvalue weighted by molar-refractivity contribution is 0.137. The summed E-state index contributed by atoms with van der Waals surface area (Å²) < 4.78 is 0. The molecule has 1 fully saturated rings. The summed E-state index contributed by atoms with van der Waals surface area (Å²) in [6.45, 7) is 11.0. The van der Waals surface area contributed by atoms with Gasteiger partial charge in [0.05, 0.1) is 5.54 Å². The third kappa shape index (κ3) is 3.11. The molecule has 2 rings (SSSR count). The number of likely N-dealkylation sites (N-methyl/N-ethyl adjacent to an activating group) is 1. The lowest BCUT2D eigenvalue weighted by Crippen LogP contribution is -2.61. The minimum Gasteiger partial charge on any atom is -0.365 e. The summed E-state index contributed by atoms with van der Waals surface area (Å²) >= 11 is 0. The predicted octanol–water partition coefficient (Wildman–Crippen LogP) is 4.37. The van der Waals surface area contributed by atoms with Crippen LogP contribution < -0.4 is 10.6 Å². The average Bonchev–Trinajstić information content (AvgIpc) is 2.48. The molecule has 2 N–H and O–H groups in total. The van der Waals surface area contributed by atoms with Crippen LogP contribution in [0.5, 0.6) is 0 Å². The molecule has 21 heavy (non-hydrogen) atoms. The zero-order chi connectivity index (χ0) is 15.5. The van der Waals surface area contributed by atoms with Crippen LogP contribution in [0.25, 0.3) is 0 Å². The van der Waals surface area contributed by atoms with Gasteiger partial charge in [-0.05, 0) is 56.2 Å². The summed E-state index contributed by atoms with van der Waals surface area (Å²) in [7, 11) is 0. The van der Waals surface area contributed by atoms with Gasteiger partial charge in [0.25, 0.3) is 0 Å². The van der Waals surface area contributed by atoms with Gasteiger partial charge >= 0.3 is 0 Å². The third-order valence-corrected chi connectivity index (χ3v) is 5.39. The summed E-state index contributed by atoms with van der Waals surface area (Å²) in [6.07, 6.45) is 5.21. The van der Waals surface area contributed by atoms with Crippen molar-refractivity contribution in [1.82, 2.24) is 0 Å². The van der Waals surface area contributed by atoms with Gasteiger partial charge in [-0.15, -0.1) is 0 Å². The SMILES string of the molecule is CCN(c1cccc(C)c1)C1(CN)CCCCC1C(C)C. The Balaban J connectivity index is 2.44. The number of anilines is 1. The highest BCUT2D eigenvalue weighted by Gasteiger charge is 2.45. The maximum atomic E-state index is 6.38. The number of hydrogen-bond acceptors (Lipinski definition) is 2. The van der Waals surface area contributed by atoms with Crippen LogP contribution in [-0.2, 0) is 0 Å². The fourth-order valence-electron chi connectivity index (χ4n) is 4.45. The van der Waals surface area contributed by atoms with Crippen LogP contribution in [-0.4, -0.2) is 18.6 Å². The van der Waals surface area contributed by atoms with Gasteiger partial charge in [0, 0.05) is 18.8 Å². The molecule has 1 aliphatic rings. The first-order valence-electron chi connectivity index (χ1n) is 8.59. The molecule has 1 aromatic rings. The molecular weight excluding hydrogens is 256 g/mol. The molecule has 0 saturated heterocycles. The van der Waals surface area contributed by atoms with Gasteiger partial charge in [0.2, 0.25) is 0 Å². The van der Waals surface area contributed by atoms with Gasteiger partial charge in [-0.2, -0.15) is 0 Å². The van der Waals surface area contributed by atoms with E-state index in [0.29, 0.717) is 11.8 Å². The molecule has 0 heterocycles. The van der Waals surface area contributed by atoms with E-state index in [1.165, 1.54) is 36.9 Å². The van der Waals surface area contributed by atoms with Crippen molar-refractivity contribution in [2.24, 2.45) is 17.6 Å². The summed E-state index contributed by atoms with van der Waals surface area (Å²) in [5.41, 5.74) is 9.18. The smallest absolute Gasteiger partial charge is 0.0554 e. The van der Waals surface area contributed by atoms with E-state index in [9.17, 15) is 0 Å². The zero-order valence-corrected chi connectivity index (χ0v) is 14.2. The Bertz CT molecular complexity index is 455. The molecule has 2 unspecified atom stereocenters. The van der Waals surface area contributed by atoms with Crippen molar-refractivity contribution in [3.8, 4) is 0 Å². The van der Waals surface area contributed by atoms with Gasteiger partial charge < -0.3 is 10.6 Å². The van der Waals surface area contributed by atoms with E-state index in [4.69, 9.17) is 5.73 Å². The molecule has 0 bridgehead atoms. The largest absolute Gasteiger partial charge is 0.365 e. The number of nitrogens with zero attached hydrogens (tertiary/aromatic N) is 1. The first kappa shape index (κ1) is 16.4. The quantitative estimate of drug-likeness (QED) is 0.872. The Morgan fingerprint density at radius 1 is 1.33 bits per heavy atom. The Hall–Kier alpha value is -1.02. The summed E-state index contributed by atoms with van der Waals surface area (Å²) in [5.74, 6) is 1.38. The van der Waals surface area contributed by atoms with E-state index in [0.717, 1.165) is 13.1 Å². The van der Waals surface area contributed by atoms with E-state index in [1.54, 1.807) is 0 Å². The molecule has 0 aromatic heterocycles. The maximum Gasteiger partial charge on any atom is 0.0554 e. The summed E-state index contributed by atoms with van der Waals surface area (Å²) in [4.78, 5) is 2.60. The zero-order valence-electron chi connectivity index (χ0n) is 14.2. The van der Waals surface area contributed by atoms with E-state index in [1.807, 2.05) is 0 Å². The second-order valence-electron chi connectivity index (χ2n) is 6.99. The van der Waals surface area contributed by atoms with Crippen LogP contribution in [0.2, 0.25) is 0 Å². The Morgan fingerprint density at radius 2 is 2.10 bits per heavy atom. The maximum absolute atomic E-state index is 6.38. The van der Waals surface area contributed by atoms with Crippen molar-refractivity contribution in [3.05, 3.63) is 29.8 Å². The molecule has 0 spiro atoms. The molecular formula is C19H32N2. The lowest BCUT2D eigenvalue weighted by Gasteiger charge is -2.53. The Labute approximate surface area is 130 Å². The molecule has 0 aliphatic heterocycles. The lowest BCUT2D eigenvalue weighted by atomic mass is 9.66. The number of benzene rings is 1. The predicted molar refractivity (Wildman–Crippen MR) is 92.8 cm³/mol. The molecule has 2 atom stereocenters. The Morgan fingerprint density at radius 3 is 2.67 bits per heavy atom. The highest BCUT2D eigenvalue weighted by Crippen LogP contribution is 2.43. The van der Waals surface area contributed by atoms with E-state index < -0.39 is 0 Å².